The molecule has 21 heavy (non-hydrogen) atoms. The van der Waals surface area contributed by atoms with Crippen molar-refractivity contribution in [2.75, 3.05) is 25.2 Å². The average Bonchev–Trinajstić information content (AvgIpc) is 3.28. The number of carbonyl (C=O) groups is 1. The number of carbonyl (C=O) groups excluding carboxylic acids is 1. The number of aliphatic hydroxyl groups is 1. The Morgan fingerprint density at radius 1 is 1.38 bits per heavy atom. The van der Waals surface area contributed by atoms with Crippen LogP contribution in [0.25, 0.3) is 0 Å². The molecule has 2 rings (SSSR count). The van der Waals surface area contributed by atoms with Gasteiger partial charge in [-0.2, -0.15) is 11.8 Å². The summed E-state index contributed by atoms with van der Waals surface area (Å²) in [6, 6.07) is 10.3. The minimum atomic E-state index is -0.135. The van der Waals surface area contributed by atoms with Crippen LogP contribution in [-0.4, -0.2) is 42.3 Å². The van der Waals surface area contributed by atoms with Crippen LogP contribution < -0.4 is 10.6 Å². The number of urea groups is 1. The fourth-order valence-electron chi connectivity index (χ4n) is 2.55. The van der Waals surface area contributed by atoms with E-state index in [0.29, 0.717) is 13.0 Å². The van der Waals surface area contributed by atoms with Gasteiger partial charge in [-0.3, -0.25) is 0 Å². The second-order valence-electron chi connectivity index (χ2n) is 5.64. The van der Waals surface area contributed by atoms with Crippen molar-refractivity contribution in [3.63, 3.8) is 0 Å². The molecule has 0 heterocycles. The average molecular weight is 308 g/mol. The Morgan fingerprint density at radius 3 is 2.67 bits per heavy atom. The zero-order chi connectivity index (χ0) is 15.1. The van der Waals surface area contributed by atoms with Crippen LogP contribution in [0.4, 0.5) is 4.79 Å². The van der Waals surface area contributed by atoms with E-state index in [1.54, 1.807) is 11.8 Å². The lowest BCUT2D eigenvalue weighted by molar-refractivity contribution is 0.230. The van der Waals surface area contributed by atoms with E-state index in [1.807, 2.05) is 24.5 Å². The number of hydrogen-bond donors (Lipinski definition) is 3. The zero-order valence-corrected chi connectivity index (χ0v) is 13.3. The zero-order valence-electron chi connectivity index (χ0n) is 12.5. The standard InChI is InChI=1S/C16H24N2O2S/c1-21-11-14(7-10-19)18-15(20)17-12-16(8-9-16)13-5-3-2-4-6-13/h2-6,14,19H,7-12H2,1H3,(H2,17,18,20). The third-order valence-corrected chi connectivity index (χ3v) is 4.74. The summed E-state index contributed by atoms with van der Waals surface area (Å²) in [6.45, 7) is 0.771. The van der Waals surface area contributed by atoms with Crippen molar-refractivity contribution in [3.8, 4) is 0 Å². The second-order valence-corrected chi connectivity index (χ2v) is 6.55. The van der Waals surface area contributed by atoms with Crippen molar-refractivity contribution in [3.05, 3.63) is 35.9 Å². The maximum Gasteiger partial charge on any atom is 0.315 e. The lowest BCUT2D eigenvalue weighted by Crippen LogP contribution is -2.45. The molecule has 1 fully saturated rings. The first-order valence-electron chi connectivity index (χ1n) is 7.40. The largest absolute Gasteiger partial charge is 0.396 e. The van der Waals surface area contributed by atoms with Crippen molar-refractivity contribution in [2.45, 2.75) is 30.7 Å². The summed E-state index contributed by atoms with van der Waals surface area (Å²) >= 11 is 1.67. The van der Waals surface area contributed by atoms with E-state index in [0.717, 1.165) is 18.6 Å². The number of aliphatic hydroxyl groups excluding tert-OH is 1. The van der Waals surface area contributed by atoms with Gasteiger partial charge in [0.05, 0.1) is 0 Å². The van der Waals surface area contributed by atoms with E-state index >= 15 is 0 Å². The number of rotatable bonds is 8. The molecule has 1 aromatic carbocycles. The van der Waals surface area contributed by atoms with Gasteiger partial charge in [-0.25, -0.2) is 4.79 Å². The van der Waals surface area contributed by atoms with E-state index in [1.165, 1.54) is 5.56 Å². The van der Waals surface area contributed by atoms with Crippen LogP contribution in [-0.2, 0) is 5.41 Å². The normalized spacial score (nSPS) is 17.0. The topological polar surface area (TPSA) is 61.4 Å². The summed E-state index contributed by atoms with van der Waals surface area (Å²) in [5.41, 5.74) is 1.44. The van der Waals surface area contributed by atoms with E-state index < -0.39 is 0 Å². The van der Waals surface area contributed by atoms with Crippen molar-refractivity contribution < 1.29 is 9.90 Å². The first-order valence-corrected chi connectivity index (χ1v) is 8.79. The molecular formula is C16H24N2O2S. The summed E-state index contributed by atoms with van der Waals surface area (Å²) < 4.78 is 0. The molecular weight excluding hydrogens is 284 g/mol. The van der Waals surface area contributed by atoms with Crippen LogP contribution >= 0.6 is 11.8 Å². The summed E-state index contributed by atoms with van der Waals surface area (Å²) in [7, 11) is 0. The van der Waals surface area contributed by atoms with Crippen LogP contribution in [0.1, 0.15) is 24.8 Å². The number of amides is 2. The van der Waals surface area contributed by atoms with Gasteiger partial charge in [-0.15, -0.1) is 0 Å². The van der Waals surface area contributed by atoms with Crippen molar-refractivity contribution in [1.82, 2.24) is 10.6 Å². The number of benzene rings is 1. The monoisotopic (exact) mass is 308 g/mol. The molecule has 4 nitrogen and oxygen atoms in total. The smallest absolute Gasteiger partial charge is 0.315 e. The molecule has 1 atom stereocenters. The van der Waals surface area contributed by atoms with Gasteiger partial charge in [0, 0.05) is 30.4 Å². The fraction of sp³-hybridized carbons (Fsp3) is 0.562. The molecule has 0 aromatic heterocycles. The SMILES string of the molecule is CSCC(CCO)NC(=O)NCC1(c2ccccc2)CC1. The summed E-state index contributed by atoms with van der Waals surface area (Å²) in [5, 5.41) is 14.9. The fourth-order valence-corrected chi connectivity index (χ4v) is 3.20. The summed E-state index contributed by atoms with van der Waals surface area (Å²) in [6.07, 6.45) is 4.85. The van der Waals surface area contributed by atoms with Gasteiger partial charge in [-0.05, 0) is 31.1 Å². The van der Waals surface area contributed by atoms with Crippen LogP contribution in [0.15, 0.2) is 30.3 Å². The first kappa shape index (κ1) is 16.2. The van der Waals surface area contributed by atoms with Crippen molar-refractivity contribution in [1.29, 1.82) is 0 Å². The molecule has 1 unspecified atom stereocenters. The minimum Gasteiger partial charge on any atom is -0.396 e. The predicted molar refractivity (Wildman–Crippen MR) is 87.8 cm³/mol. The van der Waals surface area contributed by atoms with Gasteiger partial charge in [0.1, 0.15) is 0 Å². The Bertz CT molecular complexity index is 443. The van der Waals surface area contributed by atoms with Gasteiger partial charge < -0.3 is 15.7 Å². The van der Waals surface area contributed by atoms with E-state index in [4.69, 9.17) is 5.11 Å². The van der Waals surface area contributed by atoms with E-state index in [2.05, 4.69) is 22.8 Å². The molecule has 1 aliphatic carbocycles. The predicted octanol–water partition coefficient (Wildman–Crippen LogP) is 2.13. The highest BCUT2D eigenvalue weighted by molar-refractivity contribution is 7.98. The third kappa shape index (κ3) is 4.64. The molecule has 0 aliphatic heterocycles. The van der Waals surface area contributed by atoms with Crippen molar-refractivity contribution in [2.24, 2.45) is 0 Å². The van der Waals surface area contributed by atoms with Crippen LogP contribution in [0.3, 0.4) is 0 Å². The van der Waals surface area contributed by atoms with Crippen molar-refractivity contribution >= 4 is 17.8 Å². The Kier molecular flexibility index (Phi) is 5.94. The number of hydrogen-bond acceptors (Lipinski definition) is 3. The molecule has 1 saturated carbocycles. The highest BCUT2D eigenvalue weighted by atomic mass is 32.2. The number of nitrogens with one attached hydrogen (secondary N) is 2. The first-order chi connectivity index (χ1) is 10.2. The van der Waals surface area contributed by atoms with Crippen LogP contribution in [0.2, 0.25) is 0 Å². The third-order valence-electron chi connectivity index (χ3n) is 4.01. The minimum absolute atomic E-state index is 0.0249. The maximum absolute atomic E-state index is 12.0. The lowest BCUT2D eigenvalue weighted by Gasteiger charge is -2.20. The summed E-state index contributed by atoms with van der Waals surface area (Å²) in [5.74, 6) is 0.817. The maximum atomic E-state index is 12.0. The molecule has 2 amide bonds. The quantitative estimate of drug-likeness (QED) is 0.689. The molecule has 1 aromatic rings. The Hall–Kier alpha value is -1.20. The molecule has 3 N–H and O–H groups in total. The Morgan fingerprint density at radius 2 is 2.10 bits per heavy atom. The van der Waals surface area contributed by atoms with E-state index in [-0.39, 0.29) is 24.1 Å². The molecule has 0 radical (unpaired) electrons. The van der Waals surface area contributed by atoms with E-state index in [9.17, 15) is 4.79 Å². The van der Waals surface area contributed by atoms with Gasteiger partial charge in [-0.1, -0.05) is 30.3 Å². The van der Waals surface area contributed by atoms with Gasteiger partial charge in [0.25, 0.3) is 0 Å². The van der Waals surface area contributed by atoms with Gasteiger partial charge >= 0.3 is 6.03 Å². The molecule has 0 bridgehead atoms. The Labute approximate surface area is 130 Å². The highest BCUT2D eigenvalue weighted by Crippen LogP contribution is 2.47. The Balaban J connectivity index is 1.81. The van der Waals surface area contributed by atoms with Crippen LogP contribution in [0, 0.1) is 0 Å². The molecule has 0 saturated heterocycles. The molecule has 1 aliphatic rings. The molecule has 5 heteroatoms. The lowest BCUT2D eigenvalue weighted by atomic mass is 9.96. The summed E-state index contributed by atoms with van der Waals surface area (Å²) in [4.78, 5) is 12.0. The van der Waals surface area contributed by atoms with Crippen LogP contribution in [0.5, 0.6) is 0 Å². The second kappa shape index (κ2) is 7.71. The number of thioether (sulfide) groups is 1. The molecule has 116 valence electrons. The molecule has 0 spiro atoms. The highest BCUT2D eigenvalue weighted by Gasteiger charge is 2.44. The van der Waals surface area contributed by atoms with Gasteiger partial charge in [0.2, 0.25) is 0 Å². The van der Waals surface area contributed by atoms with Gasteiger partial charge in [0.15, 0.2) is 0 Å².